The Morgan fingerprint density at radius 1 is 1.70 bits per heavy atom. The van der Waals surface area contributed by atoms with E-state index in [2.05, 4.69) is 23.1 Å². The average Bonchev–Trinajstić information content (AvgIpc) is 1.97. The number of terminal acetylenes is 1. The fourth-order valence-electron chi connectivity index (χ4n) is 0.359. The predicted molar refractivity (Wildman–Crippen MR) is 47.6 cm³/mol. The maximum Gasteiger partial charge on any atom is 0.167 e. The van der Waals surface area contributed by atoms with Crippen LogP contribution in [0.15, 0.2) is 12.7 Å². The number of nitrogens with one attached hydrogen (secondary N) is 2. The summed E-state index contributed by atoms with van der Waals surface area (Å²) in [6.45, 7) is 4.65. The molecule has 0 aliphatic heterocycles. The van der Waals surface area contributed by atoms with Crippen molar-refractivity contribution < 1.29 is 0 Å². The minimum Gasteiger partial charge on any atom is -0.359 e. The second kappa shape index (κ2) is 6.12. The molecule has 0 aromatic rings. The Bertz CT molecular complexity index is 157. The number of rotatable bonds is 3. The largest absolute Gasteiger partial charge is 0.359 e. The Hall–Kier alpha value is -1.01. The van der Waals surface area contributed by atoms with Gasteiger partial charge in [-0.15, -0.1) is 13.0 Å². The molecule has 0 amide bonds. The van der Waals surface area contributed by atoms with Gasteiger partial charge >= 0.3 is 0 Å². The summed E-state index contributed by atoms with van der Waals surface area (Å²) in [4.78, 5) is 0. The van der Waals surface area contributed by atoms with Gasteiger partial charge in [-0.2, -0.15) is 0 Å². The van der Waals surface area contributed by atoms with Crippen molar-refractivity contribution in [2.75, 3.05) is 13.1 Å². The molecule has 0 aliphatic rings. The highest BCUT2D eigenvalue weighted by Gasteiger charge is 1.86. The van der Waals surface area contributed by atoms with Crippen LogP contribution in [0.2, 0.25) is 0 Å². The molecule has 0 radical (unpaired) electrons. The molecule has 2 nitrogen and oxygen atoms in total. The van der Waals surface area contributed by atoms with Crippen molar-refractivity contribution in [3.63, 3.8) is 0 Å². The molecule has 0 saturated heterocycles. The van der Waals surface area contributed by atoms with Crippen molar-refractivity contribution >= 4 is 17.3 Å². The lowest BCUT2D eigenvalue weighted by molar-refractivity contribution is 0.958. The van der Waals surface area contributed by atoms with Crippen LogP contribution in [0.1, 0.15) is 0 Å². The van der Waals surface area contributed by atoms with Gasteiger partial charge in [0.2, 0.25) is 0 Å². The molecule has 0 heterocycles. The summed E-state index contributed by atoms with van der Waals surface area (Å²) in [5.74, 6) is 2.41. The fraction of sp³-hybridized carbons (Fsp3) is 0.286. The van der Waals surface area contributed by atoms with Crippen molar-refractivity contribution in [1.29, 1.82) is 0 Å². The topological polar surface area (TPSA) is 24.1 Å². The first-order chi connectivity index (χ1) is 4.81. The molecule has 0 bridgehead atoms. The van der Waals surface area contributed by atoms with Crippen molar-refractivity contribution in [3.8, 4) is 12.3 Å². The predicted octanol–water partition coefficient (Wildman–Crippen LogP) is 0.270. The average molecular weight is 154 g/mol. The number of thiocarbonyl (C=S) groups is 1. The second-order valence-electron chi connectivity index (χ2n) is 1.56. The minimum atomic E-state index is 0.461. The SMILES string of the molecule is C#CCNC(=S)NCC=C. The monoisotopic (exact) mass is 154 g/mol. The molecule has 0 aliphatic carbocycles. The summed E-state index contributed by atoms with van der Waals surface area (Å²) in [6, 6.07) is 0. The van der Waals surface area contributed by atoms with Gasteiger partial charge in [-0.05, 0) is 12.2 Å². The van der Waals surface area contributed by atoms with E-state index in [1.54, 1.807) is 6.08 Å². The first kappa shape index (κ1) is 8.99. The standard InChI is InChI=1S/C7H10N2S/c1-3-5-8-7(10)9-6-4-2/h1,4H,2,5-6H2,(H2,8,9,10). The van der Waals surface area contributed by atoms with E-state index in [1.165, 1.54) is 0 Å². The van der Waals surface area contributed by atoms with Crippen LogP contribution in [0.3, 0.4) is 0 Å². The fourth-order valence-corrected chi connectivity index (χ4v) is 0.514. The zero-order chi connectivity index (χ0) is 7.82. The molecule has 0 fully saturated rings. The van der Waals surface area contributed by atoms with Crippen LogP contribution in [0.4, 0.5) is 0 Å². The minimum absolute atomic E-state index is 0.461. The molecule has 0 aromatic carbocycles. The molecule has 0 rings (SSSR count). The van der Waals surface area contributed by atoms with Gasteiger partial charge in [0.05, 0.1) is 6.54 Å². The van der Waals surface area contributed by atoms with Gasteiger partial charge in [0, 0.05) is 6.54 Å². The van der Waals surface area contributed by atoms with Crippen molar-refractivity contribution in [3.05, 3.63) is 12.7 Å². The van der Waals surface area contributed by atoms with E-state index in [0.717, 1.165) is 0 Å². The van der Waals surface area contributed by atoms with Gasteiger partial charge in [0.1, 0.15) is 0 Å². The molecule has 0 aromatic heterocycles. The van der Waals surface area contributed by atoms with Crippen LogP contribution >= 0.6 is 12.2 Å². The van der Waals surface area contributed by atoms with E-state index in [-0.39, 0.29) is 0 Å². The molecule has 10 heavy (non-hydrogen) atoms. The molecule has 3 heteroatoms. The molecular formula is C7H10N2S. The smallest absolute Gasteiger partial charge is 0.167 e. The molecule has 0 spiro atoms. The van der Waals surface area contributed by atoms with Crippen LogP contribution in [0.5, 0.6) is 0 Å². The number of hydrogen-bond donors (Lipinski definition) is 2. The van der Waals surface area contributed by atoms with Crippen molar-refractivity contribution in [2.45, 2.75) is 0 Å². The zero-order valence-corrected chi connectivity index (χ0v) is 6.50. The maximum atomic E-state index is 4.99. The van der Waals surface area contributed by atoms with Gasteiger partial charge < -0.3 is 10.6 Å². The van der Waals surface area contributed by atoms with Crippen LogP contribution in [-0.2, 0) is 0 Å². The van der Waals surface area contributed by atoms with Gasteiger partial charge in [0.25, 0.3) is 0 Å². The third-order valence-corrected chi connectivity index (χ3v) is 1.05. The second-order valence-corrected chi connectivity index (χ2v) is 1.96. The number of hydrogen-bond acceptors (Lipinski definition) is 1. The van der Waals surface area contributed by atoms with Crippen LogP contribution in [-0.4, -0.2) is 18.2 Å². The molecule has 2 N–H and O–H groups in total. The molecular weight excluding hydrogens is 144 g/mol. The van der Waals surface area contributed by atoms with E-state index in [4.69, 9.17) is 18.6 Å². The van der Waals surface area contributed by atoms with Gasteiger partial charge in [-0.3, -0.25) is 0 Å². The highest BCUT2D eigenvalue weighted by atomic mass is 32.1. The first-order valence-electron chi connectivity index (χ1n) is 2.87. The summed E-state index contributed by atoms with van der Waals surface area (Å²) in [6.07, 6.45) is 6.71. The summed E-state index contributed by atoms with van der Waals surface area (Å²) >= 11 is 4.82. The van der Waals surface area contributed by atoms with E-state index in [1.807, 2.05) is 0 Å². The Kier molecular flexibility index (Phi) is 5.50. The van der Waals surface area contributed by atoms with Crippen LogP contribution in [0.25, 0.3) is 0 Å². The van der Waals surface area contributed by atoms with Gasteiger partial charge in [0.15, 0.2) is 5.11 Å². The Labute approximate surface area is 66.7 Å². The van der Waals surface area contributed by atoms with Gasteiger partial charge in [-0.25, -0.2) is 0 Å². The Morgan fingerprint density at radius 3 is 2.90 bits per heavy atom. The Morgan fingerprint density at radius 2 is 2.40 bits per heavy atom. The van der Waals surface area contributed by atoms with E-state index >= 15 is 0 Å². The lowest BCUT2D eigenvalue weighted by Crippen LogP contribution is -2.35. The Balaban J connectivity index is 3.27. The lowest BCUT2D eigenvalue weighted by atomic mass is 10.6. The molecule has 0 atom stereocenters. The van der Waals surface area contributed by atoms with Crippen molar-refractivity contribution in [1.82, 2.24) is 10.6 Å². The van der Waals surface area contributed by atoms with E-state index < -0.39 is 0 Å². The summed E-state index contributed by atoms with van der Waals surface area (Å²) in [5.41, 5.74) is 0. The highest BCUT2D eigenvalue weighted by molar-refractivity contribution is 7.80. The quantitative estimate of drug-likeness (QED) is 0.346. The van der Waals surface area contributed by atoms with Crippen molar-refractivity contribution in [2.24, 2.45) is 0 Å². The molecule has 54 valence electrons. The van der Waals surface area contributed by atoms with Gasteiger partial charge in [-0.1, -0.05) is 12.0 Å². The molecule has 0 unspecified atom stereocenters. The first-order valence-corrected chi connectivity index (χ1v) is 3.28. The normalized spacial score (nSPS) is 7.50. The summed E-state index contributed by atoms with van der Waals surface area (Å²) in [5, 5.41) is 6.24. The summed E-state index contributed by atoms with van der Waals surface area (Å²) in [7, 11) is 0. The third-order valence-electron chi connectivity index (χ3n) is 0.758. The lowest BCUT2D eigenvalue weighted by Gasteiger charge is -2.04. The summed E-state index contributed by atoms with van der Waals surface area (Å²) < 4.78 is 0. The van der Waals surface area contributed by atoms with Crippen LogP contribution < -0.4 is 10.6 Å². The third kappa shape index (κ3) is 5.13. The highest BCUT2D eigenvalue weighted by Crippen LogP contribution is 1.65. The van der Waals surface area contributed by atoms with Crippen LogP contribution in [0, 0.1) is 12.3 Å². The van der Waals surface area contributed by atoms with E-state index in [0.29, 0.717) is 18.2 Å². The maximum absolute atomic E-state index is 4.99. The van der Waals surface area contributed by atoms with E-state index in [9.17, 15) is 0 Å². The molecule has 0 saturated carbocycles. The zero-order valence-electron chi connectivity index (χ0n) is 5.68.